The minimum atomic E-state index is -0.926. The summed E-state index contributed by atoms with van der Waals surface area (Å²) in [6, 6.07) is 11.0. The third kappa shape index (κ3) is 3.70. The van der Waals surface area contributed by atoms with E-state index in [1.165, 1.54) is 0 Å². The maximum Gasteiger partial charge on any atom is 0.329 e. The summed E-state index contributed by atoms with van der Waals surface area (Å²) in [6.07, 6.45) is 3.81. The maximum absolute atomic E-state index is 12.9. The minimum Gasteiger partial charge on any atom is -0.309 e. The third-order valence-electron chi connectivity index (χ3n) is 3.96. The lowest BCUT2D eigenvalue weighted by Crippen LogP contribution is -2.43. The van der Waals surface area contributed by atoms with E-state index in [1.54, 1.807) is 60.4 Å². The number of carbonyl (C=O) groups is 1. The van der Waals surface area contributed by atoms with Gasteiger partial charge in [-0.2, -0.15) is 11.8 Å². The lowest BCUT2D eigenvalue weighted by Gasteiger charge is -2.18. The molecule has 2 heterocycles. The molecular formula is C18H18N4O3S. The molecule has 0 spiro atoms. The predicted molar refractivity (Wildman–Crippen MR) is 104 cm³/mol. The van der Waals surface area contributed by atoms with E-state index in [4.69, 9.17) is 0 Å². The van der Waals surface area contributed by atoms with Crippen LogP contribution in [0.25, 0.3) is 10.9 Å². The molecule has 1 unspecified atom stereocenters. The van der Waals surface area contributed by atoms with Crippen molar-refractivity contribution >= 4 is 34.4 Å². The molecule has 0 bridgehead atoms. The van der Waals surface area contributed by atoms with Gasteiger partial charge in [0.2, 0.25) is 5.91 Å². The van der Waals surface area contributed by atoms with Gasteiger partial charge in [-0.25, -0.2) is 14.3 Å². The number of nitrogens with one attached hydrogen (secondary N) is 2. The molecule has 134 valence electrons. The van der Waals surface area contributed by atoms with Crippen LogP contribution >= 0.6 is 11.8 Å². The van der Waals surface area contributed by atoms with E-state index in [0.717, 1.165) is 4.57 Å². The molecule has 7 nitrogen and oxygen atoms in total. The number of hydrogen-bond donors (Lipinski definition) is 2. The standard InChI is InChI=1S/C18H18N4O3S/c1-26-11-9-14(16(23)21-15-8-4-5-10-19-15)22-17(24)12-6-2-3-7-13(12)20-18(22)25/h2-8,10,14H,9,11H2,1H3,(H,20,25)(H,19,21,23). The Hall–Kier alpha value is -2.87. The van der Waals surface area contributed by atoms with E-state index < -0.39 is 23.2 Å². The molecule has 1 aromatic carbocycles. The topological polar surface area (TPSA) is 96.8 Å². The van der Waals surface area contributed by atoms with Gasteiger partial charge in [0.05, 0.1) is 10.9 Å². The van der Waals surface area contributed by atoms with Crippen molar-refractivity contribution in [2.45, 2.75) is 12.5 Å². The third-order valence-corrected chi connectivity index (χ3v) is 4.61. The number of anilines is 1. The molecule has 0 saturated heterocycles. The van der Waals surface area contributed by atoms with Gasteiger partial charge in [0.25, 0.3) is 5.56 Å². The van der Waals surface area contributed by atoms with Crippen LogP contribution < -0.4 is 16.6 Å². The Morgan fingerprint density at radius 1 is 1.23 bits per heavy atom. The fourth-order valence-corrected chi connectivity index (χ4v) is 3.17. The number of carbonyl (C=O) groups excluding carboxylic acids is 1. The quantitative estimate of drug-likeness (QED) is 0.692. The van der Waals surface area contributed by atoms with E-state index in [-0.39, 0.29) is 0 Å². The first-order valence-corrected chi connectivity index (χ1v) is 9.45. The molecule has 1 amide bonds. The normalized spacial score (nSPS) is 12.0. The first-order valence-electron chi connectivity index (χ1n) is 8.06. The number of hydrogen-bond acceptors (Lipinski definition) is 5. The number of rotatable bonds is 6. The fraction of sp³-hybridized carbons (Fsp3) is 0.222. The summed E-state index contributed by atoms with van der Waals surface area (Å²) < 4.78 is 0.997. The number of fused-ring (bicyclic) bond motifs is 1. The van der Waals surface area contributed by atoms with Crippen LogP contribution in [-0.2, 0) is 4.79 Å². The molecule has 3 aromatic rings. The molecule has 0 saturated carbocycles. The predicted octanol–water partition coefficient (Wildman–Crippen LogP) is 2.02. The monoisotopic (exact) mass is 370 g/mol. The number of pyridine rings is 1. The van der Waals surface area contributed by atoms with E-state index in [0.29, 0.717) is 28.9 Å². The van der Waals surface area contributed by atoms with Crippen molar-refractivity contribution in [3.8, 4) is 0 Å². The van der Waals surface area contributed by atoms with E-state index in [2.05, 4.69) is 15.3 Å². The van der Waals surface area contributed by atoms with E-state index in [9.17, 15) is 14.4 Å². The Morgan fingerprint density at radius 3 is 2.73 bits per heavy atom. The van der Waals surface area contributed by atoms with E-state index in [1.807, 2.05) is 6.26 Å². The highest BCUT2D eigenvalue weighted by Crippen LogP contribution is 2.15. The van der Waals surface area contributed by atoms with Gasteiger partial charge in [-0.05, 0) is 42.7 Å². The zero-order valence-corrected chi connectivity index (χ0v) is 15.0. The molecule has 3 rings (SSSR count). The van der Waals surface area contributed by atoms with Gasteiger partial charge in [-0.3, -0.25) is 9.59 Å². The lowest BCUT2D eigenvalue weighted by molar-refractivity contribution is -0.119. The average molecular weight is 370 g/mol. The Labute approximate surface area is 153 Å². The van der Waals surface area contributed by atoms with Gasteiger partial charge in [0, 0.05) is 6.20 Å². The van der Waals surface area contributed by atoms with Crippen LogP contribution in [0, 0.1) is 0 Å². The van der Waals surface area contributed by atoms with Crippen LogP contribution in [0.1, 0.15) is 12.5 Å². The molecule has 1 atom stereocenters. The molecule has 0 fully saturated rings. The fourth-order valence-electron chi connectivity index (χ4n) is 2.71. The Kier molecular flexibility index (Phi) is 5.52. The van der Waals surface area contributed by atoms with Gasteiger partial charge in [0.15, 0.2) is 0 Å². The van der Waals surface area contributed by atoms with Gasteiger partial charge in [0.1, 0.15) is 11.9 Å². The van der Waals surface area contributed by atoms with Crippen molar-refractivity contribution < 1.29 is 4.79 Å². The number of nitrogens with zero attached hydrogens (tertiary/aromatic N) is 2. The number of benzene rings is 1. The van der Waals surface area contributed by atoms with Gasteiger partial charge in [-0.1, -0.05) is 18.2 Å². The van der Waals surface area contributed by atoms with Crippen LogP contribution in [0.2, 0.25) is 0 Å². The van der Waals surface area contributed by atoms with Gasteiger partial charge < -0.3 is 10.3 Å². The SMILES string of the molecule is CSCCC(C(=O)Nc1ccccn1)n1c(=O)[nH]c2ccccc2c1=O. The van der Waals surface area contributed by atoms with Gasteiger partial charge >= 0.3 is 5.69 Å². The molecule has 2 N–H and O–H groups in total. The lowest BCUT2D eigenvalue weighted by atomic mass is 10.2. The highest BCUT2D eigenvalue weighted by atomic mass is 32.2. The summed E-state index contributed by atoms with van der Waals surface area (Å²) in [4.78, 5) is 44.9. The maximum atomic E-state index is 12.9. The second kappa shape index (κ2) is 8.01. The zero-order chi connectivity index (χ0) is 18.5. The summed E-state index contributed by atoms with van der Waals surface area (Å²) in [7, 11) is 0. The number of aromatic amines is 1. The van der Waals surface area contributed by atoms with Crippen LogP contribution in [0.5, 0.6) is 0 Å². The van der Waals surface area contributed by atoms with Crippen molar-refractivity contribution in [3.63, 3.8) is 0 Å². The molecule has 0 aliphatic rings. The number of amides is 1. The number of thioether (sulfide) groups is 1. The number of H-pyrrole nitrogens is 1. The van der Waals surface area contributed by atoms with Gasteiger partial charge in [-0.15, -0.1) is 0 Å². The summed E-state index contributed by atoms with van der Waals surface area (Å²) in [5.74, 6) is 0.552. The van der Waals surface area contributed by atoms with Crippen molar-refractivity contribution in [1.29, 1.82) is 0 Å². The first-order chi connectivity index (χ1) is 12.6. The Balaban J connectivity index is 2.05. The van der Waals surface area contributed by atoms with Crippen LogP contribution in [0.3, 0.4) is 0 Å². The number of para-hydroxylation sites is 1. The summed E-state index contributed by atoms with van der Waals surface area (Å²) in [5, 5.41) is 3.05. The summed E-state index contributed by atoms with van der Waals surface area (Å²) >= 11 is 1.54. The van der Waals surface area contributed by atoms with E-state index >= 15 is 0 Å². The van der Waals surface area contributed by atoms with Crippen molar-refractivity contribution in [3.05, 3.63) is 69.5 Å². The highest BCUT2D eigenvalue weighted by Gasteiger charge is 2.25. The minimum absolute atomic E-state index is 0.348. The van der Waals surface area contributed by atoms with Crippen LogP contribution in [0.15, 0.2) is 58.3 Å². The van der Waals surface area contributed by atoms with Crippen LogP contribution in [0.4, 0.5) is 5.82 Å². The molecule has 26 heavy (non-hydrogen) atoms. The van der Waals surface area contributed by atoms with Crippen molar-refractivity contribution in [2.24, 2.45) is 0 Å². The summed E-state index contributed by atoms with van der Waals surface area (Å²) in [5.41, 5.74) is -0.630. The molecule has 2 aromatic heterocycles. The van der Waals surface area contributed by atoms with Crippen LogP contribution in [-0.4, -0.2) is 32.5 Å². The molecule has 0 radical (unpaired) electrons. The highest BCUT2D eigenvalue weighted by molar-refractivity contribution is 7.98. The summed E-state index contributed by atoms with van der Waals surface area (Å²) in [6.45, 7) is 0. The largest absolute Gasteiger partial charge is 0.329 e. The second-order valence-electron chi connectivity index (χ2n) is 5.65. The smallest absolute Gasteiger partial charge is 0.309 e. The average Bonchev–Trinajstić information content (AvgIpc) is 2.65. The molecule has 8 heteroatoms. The molecule has 0 aliphatic carbocycles. The molecular weight excluding hydrogens is 352 g/mol. The Bertz CT molecular complexity index is 1030. The van der Waals surface area contributed by atoms with Crippen molar-refractivity contribution in [1.82, 2.24) is 14.5 Å². The van der Waals surface area contributed by atoms with Crippen molar-refractivity contribution in [2.75, 3.05) is 17.3 Å². The first kappa shape index (κ1) is 17.9. The Morgan fingerprint density at radius 2 is 2.00 bits per heavy atom. The molecule has 0 aliphatic heterocycles. The number of aromatic nitrogens is 3. The zero-order valence-electron chi connectivity index (χ0n) is 14.1. The second-order valence-corrected chi connectivity index (χ2v) is 6.64.